The number of pyridine rings is 2. The van der Waals surface area contributed by atoms with Gasteiger partial charge in [0.05, 0.1) is 46.1 Å². The number of nitrogens with zero attached hydrogens (tertiary/aromatic N) is 6. The van der Waals surface area contributed by atoms with Crippen molar-refractivity contribution in [3.63, 3.8) is 0 Å². The van der Waals surface area contributed by atoms with Crippen molar-refractivity contribution in [1.82, 2.24) is 40.2 Å². The minimum Gasteiger partial charge on any atom is -0.481 e. The Morgan fingerprint density at radius 3 is 2.78 bits per heavy atom. The molecule has 1 fully saturated rings. The smallest absolute Gasteiger partial charge is 0.291 e. The summed E-state index contributed by atoms with van der Waals surface area (Å²) < 4.78 is 12.4. The Hall–Kier alpha value is -4.82. The molecule has 264 valence electrons. The summed E-state index contributed by atoms with van der Waals surface area (Å²) in [6.07, 6.45) is 8.03. The number of ether oxygens (including phenoxy) is 1. The van der Waals surface area contributed by atoms with Crippen molar-refractivity contribution >= 4 is 40.7 Å². The van der Waals surface area contributed by atoms with E-state index in [1.165, 1.54) is 0 Å². The normalized spacial score (nSPS) is 15.8. The second-order valence-corrected chi connectivity index (χ2v) is 13.4. The van der Waals surface area contributed by atoms with E-state index in [2.05, 4.69) is 31.0 Å². The molecule has 0 bridgehead atoms. The van der Waals surface area contributed by atoms with Gasteiger partial charge < -0.3 is 29.8 Å². The highest BCUT2D eigenvalue weighted by Crippen LogP contribution is 2.40. The Kier molecular flexibility index (Phi) is 10.3. The highest BCUT2D eigenvalue weighted by Gasteiger charge is 2.26. The van der Waals surface area contributed by atoms with Crippen molar-refractivity contribution in [2.75, 3.05) is 32.1 Å². The van der Waals surface area contributed by atoms with Gasteiger partial charge in [-0.05, 0) is 31.0 Å². The van der Waals surface area contributed by atoms with Crippen LogP contribution in [0.5, 0.6) is 5.88 Å². The number of amides is 2. The molecule has 1 saturated heterocycles. The summed E-state index contributed by atoms with van der Waals surface area (Å²) in [7, 11) is 3.44. The number of fused-ring (bicyclic) bond motifs is 1. The topological polar surface area (TPSA) is 152 Å². The van der Waals surface area contributed by atoms with Crippen LogP contribution in [0.15, 0.2) is 59.6 Å². The number of imidazole rings is 1. The maximum atomic E-state index is 13.6. The highest BCUT2D eigenvalue weighted by molar-refractivity contribution is 6.39. The number of hydrogen-bond donors (Lipinski definition) is 3. The van der Waals surface area contributed by atoms with E-state index in [1.807, 2.05) is 23.7 Å². The van der Waals surface area contributed by atoms with Crippen molar-refractivity contribution < 1.29 is 18.8 Å². The molecule has 6 heterocycles. The van der Waals surface area contributed by atoms with Crippen LogP contribution in [0.2, 0.25) is 10.0 Å². The van der Waals surface area contributed by atoms with Gasteiger partial charge in [0.25, 0.3) is 5.91 Å². The molecule has 7 rings (SSSR count). The van der Waals surface area contributed by atoms with Gasteiger partial charge in [-0.1, -0.05) is 46.6 Å². The minimum atomic E-state index is -0.367. The third-order valence-corrected chi connectivity index (χ3v) is 10.1. The molecule has 0 spiro atoms. The lowest BCUT2D eigenvalue weighted by atomic mass is 10.1. The number of halogens is 2. The zero-order chi connectivity index (χ0) is 35.5. The molecular formula is C36H37Cl2N9O4. The van der Waals surface area contributed by atoms with E-state index >= 15 is 0 Å². The Morgan fingerprint density at radius 2 is 2.00 bits per heavy atom. The van der Waals surface area contributed by atoms with Crippen molar-refractivity contribution in [2.45, 2.75) is 44.8 Å². The first-order valence-corrected chi connectivity index (χ1v) is 17.5. The maximum absolute atomic E-state index is 13.6. The fraction of sp³-hybridized carbons (Fsp3) is 0.333. The molecule has 0 aliphatic carbocycles. The first-order valence-electron chi connectivity index (χ1n) is 16.7. The molecule has 1 aromatic carbocycles. The molecule has 51 heavy (non-hydrogen) atoms. The molecule has 13 nitrogen and oxygen atoms in total. The van der Waals surface area contributed by atoms with Gasteiger partial charge in [-0.25, -0.2) is 9.97 Å². The zero-order valence-electron chi connectivity index (χ0n) is 28.2. The van der Waals surface area contributed by atoms with Gasteiger partial charge in [0.2, 0.25) is 11.8 Å². The Balaban J connectivity index is 1.06. The Morgan fingerprint density at radius 1 is 1.12 bits per heavy atom. The van der Waals surface area contributed by atoms with Gasteiger partial charge in [-0.2, -0.15) is 0 Å². The van der Waals surface area contributed by atoms with Gasteiger partial charge in [0.1, 0.15) is 6.26 Å². The lowest BCUT2D eigenvalue weighted by molar-refractivity contribution is -0.119. The van der Waals surface area contributed by atoms with Gasteiger partial charge in [-0.15, -0.1) is 0 Å². The van der Waals surface area contributed by atoms with Crippen molar-refractivity contribution in [3.05, 3.63) is 93.4 Å². The van der Waals surface area contributed by atoms with Gasteiger partial charge >= 0.3 is 0 Å². The van der Waals surface area contributed by atoms with E-state index in [9.17, 15) is 9.59 Å². The fourth-order valence-electron chi connectivity index (χ4n) is 6.57. The second-order valence-electron chi connectivity index (χ2n) is 12.6. The minimum absolute atomic E-state index is 0.0865. The number of hydrogen-bond acceptors (Lipinski definition) is 10. The number of carbonyl (C=O) groups is 2. The van der Waals surface area contributed by atoms with Gasteiger partial charge in [-0.3, -0.25) is 19.5 Å². The summed E-state index contributed by atoms with van der Waals surface area (Å²) >= 11 is 13.9. The van der Waals surface area contributed by atoms with E-state index in [-0.39, 0.29) is 17.9 Å². The summed E-state index contributed by atoms with van der Waals surface area (Å²) in [4.78, 5) is 41.4. The molecule has 1 atom stereocenters. The van der Waals surface area contributed by atoms with Crippen molar-refractivity contribution in [1.29, 1.82) is 0 Å². The van der Waals surface area contributed by atoms with Crippen LogP contribution in [-0.2, 0) is 37.8 Å². The molecule has 2 aliphatic heterocycles. The fourth-order valence-corrected chi connectivity index (χ4v) is 7.15. The number of aromatic nitrogens is 5. The number of methoxy groups -OCH3 is 1. The van der Waals surface area contributed by atoms with Crippen LogP contribution in [0, 0.1) is 0 Å². The standard InChI is InChI=1S/C36H37Cl2N9O4/c1-46-29-12-15-47(14-11-21-16-41-51-20-21)19-28(29)43-34(46)35(49)44-27-5-3-4-25(31(27)37)33-32(38)24(10-13-40-33)26-8-6-22(36(45-26)50-2)17-39-18-23-7-9-30(48)42-23/h3-6,8,10,13,16,20,23,39H,7,9,11-12,14-15,17-19H2,1-2H3,(H,42,48)(H,44,49)/t23-/m0/s1. The number of benzene rings is 1. The average molecular weight is 731 g/mol. The largest absolute Gasteiger partial charge is 0.481 e. The predicted molar refractivity (Wildman–Crippen MR) is 193 cm³/mol. The van der Waals surface area contributed by atoms with E-state index < -0.39 is 0 Å². The predicted octanol–water partition coefficient (Wildman–Crippen LogP) is 5.07. The number of carbonyl (C=O) groups excluding carboxylic acids is 2. The number of nitrogens with one attached hydrogen (secondary N) is 3. The van der Waals surface area contributed by atoms with Gasteiger partial charge in [0.15, 0.2) is 5.82 Å². The molecule has 3 N–H and O–H groups in total. The van der Waals surface area contributed by atoms with Crippen LogP contribution >= 0.6 is 23.2 Å². The van der Waals surface area contributed by atoms with E-state index in [4.69, 9.17) is 42.4 Å². The molecule has 5 aromatic rings. The molecular weight excluding hydrogens is 693 g/mol. The summed E-state index contributed by atoms with van der Waals surface area (Å²) in [6.45, 7) is 3.54. The third-order valence-electron chi connectivity index (χ3n) is 9.33. The van der Waals surface area contributed by atoms with Crippen LogP contribution in [-0.4, -0.2) is 74.2 Å². The van der Waals surface area contributed by atoms with Crippen LogP contribution in [0.1, 0.15) is 46.0 Å². The SMILES string of the molecule is COc1nc(-c2ccnc(-c3cccc(NC(=O)c4nc5c(n4C)CCN(CCc4cnoc4)C5)c3Cl)c2Cl)ccc1CNC[C@@H]1CCC(=O)N1. The van der Waals surface area contributed by atoms with Crippen molar-refractivity contribution in [3.8, 4) is 28.4 Å². The Labute approximate surface area is 304 Å². The van der Waals surface area contributed by atoms with Crippen LogP contribution < -0.4 is 20.7 Å². The van der Waals surface area contributed by atoms with Crippen LogP contribution in [0.4, 0.5) is 5.69 Å². The van der Waals surface area contributed by atoms with Crippen LogP contribution in [0.3, 0.4) is 0 Å². The molecule has 4 aromatic heterocycles. The summed E-state index contributed by atoms with van der Waals surface area (Å²) in [5.74, 6) is 0.490. The molecule has 2 aliphatic rings. The van der Waals surface area contributed by atoms with E-state index in [0.29, 0.717) is 76.0 Å². The average Bonchev–Trinajstić information content (AvgIpc) is 3.89. The molecule has 0 saturated carbocycles. The summed E-state index contributed by atoms with van der Waals surface area (Å²) in [5.41, 5.74) is 6.51. The number of anilines is 1. The van der Waals surface area contributed by atoms with E-state index in [0.717, 1.165) is 54.9 Å². The van der Waals surface area contributed by atoms with Gasteiger partial charge in [0, 0.05) is 92.8 Å². The quantitative estimate of drug-likeness (QED) is 0.159. The summed E-state index contributed by atoms with van der Waals surface area (Å²) in [5, 5.41) is 13.7. The lowest BCUT2D eigenvalue weighted by Gasteiger charge is -2.26. The summed E-state index contributed by atoms with van der Waals surface area (Å²) in [6, 6.07) is 11.0. The lowest BCUT2D eigenvalue weighted by Crippen LogP contribution is -2.35. The Bertz CT molecular complexity index is 2070. The maximum Gasteiger partial charge on any atom is 0.291 e. The molecule has 0 radical (unpaired) electrons. The highest BCUT2D eigenvalue weighted by atomic mass is 35.5. The molecule has 0 unspecified atom stereocenters. The second kappa shape index (κ2) is 15.2. The zero-order valence-corrected chi connectivity index (χ0v) is 29.7. The first kappa shape index (κ1) is 34.6. The molecule has 15 heteroatoms. The van der Waals surface area contributed by atoms with E-state index in [1.54, 1.807) is 50.0 Å². The van der Waals surface area contributed by atoms with Crippen LogP contribution in [0.25, 0.3) is 22.5 Å². The molecule has 2 amide bonds. The monoisotopic (exact) mass is 729 g/mol. The first-order chi connectivity index (χ1) is 24.8. The third kappa shape index (κ3) is 7.47. The van der Waals surface area contributed by atoms with Crippen molar-refractivity contribution in [2.24, 2.45) is 7.05 Å². The number of rotatable bonds is 12.